The fourth-order valence-electron chi connectivity index (χ4n) is 3.81. The second-order valence-electron chi connectivity index (χ2n) is 7.62. The van der Waals surface area contributed by atoms with E-state index in [4.69, 9.17) is 0 Å². The van der Waals surface area contributed by atoms with Crippen molar-refractivity contribution in [2.24, 2.45) is 0 Å². The molecule has 0 unspecified atom stereocenters. The van der Waals surface area contributed by atoms with Crippen LogP contribution in [0.2, 0.25) is 0 Å². The van der Waals surface area contributed by atoms with Gasteiger partial charge in [0.2, 0.25) is 0 Å². The number of nitrogens with one attached hydrogen (secondary N) is 1. The summed E-state index contributed by atoms with van der Waals surface area (Å²) in [4.78, 5) is 15.7. The van der Waals surface area contributed by atoms with Crippen molar-refractivity contribution < 1.29 is 9.18 Å². The van der Waals surface area contributed by atoms with Crippen molar-refractivity contribution in [3.05, 3.63) is 82.7 Å². The van der Waals surface area contributed by atoms with E-state index in [2.05, 4.69) is 20.5 Å². The topological polar surface area (TPSA) is 67.8 Å². The lowest BCUT2D eigenvalue weighted by molar-refractivity contribution is 0.112. The zero-order valence-electron chi connectivity index (χ0n) is 17.7. The number of pyridine rings is 1. The number of aromatic nitrogens is 3. The molecule has 0 saturated heterocycles. The molecule has 0 spiro atoms. The fourth-order valence-corrected chi connectivity index (χ4v) is 3.81. The molecule has 4 rings (SSSR count). The normalized spacial score (nSPS) is 12.0. The van der Waals surface area contributed by atoms with Gasteiger partial charge >= 0.3 is 0 Å². The number of hydrogen-bond donors (Lipinski definition) is 1. The lowest BCUT2D eigenvalue weighted by Gasteiger charge is -2.19. The summed E-state index contributed by atoms with van der Waals surface area (Å²) < 4.78 is 13.3. The van der Waals surface area contributed by atoms with E-state index in [1.54, 1.807) is 18.3 Å². The Balaban J connectivity index is 1.77. The first kappa shape index (κ1) is 20.6. The molecule has 1 atom stereocenters. The summed E-state index contributed by atoms with van der Waals surface area (Å²) in [7, 11) is 0. The van der Waals surface area contributed by atoms with Crippen LogP contribution in [0.3, 0.4) is 0 Å². The molecule has 5 nitrogen and oxygen atoms in total. The predicted molar refractivity (Wildman–Crippen MR) is 121 cm³/mol. The molecule has 0 radical (unpaired) electrons. The maximum absolute atomic E-state index is 13.3. The van der Waals surface area contributed by atoms with Crippen molar-refractivity contribution in [1.29, 1.82) is 0 Å². The molecule has 6 heteroatoms. The Morgan fingerprint density at radius 1 is 1.06 bits per heavy atom. The number of alkyl halides is 1. The SMILES string of the molecule is Cc1c(CF)cccc1[C@@H](C)Nc1nnc(C)c2cnc(-c3cccc(C=O)c3)cc12. The number of anilines is 1. The van der Waals surface area contributed by atoms with Crippen LogP contribution >= 0.6 is 0 Å². The van der Waals surface area contributed by atoms with Crippen LogP contribution < -0.4 is 5.32 Å². The van der Waals surface area contributed by atoms with E-state index >= 15 is 0 Å². The summed E-state index contributed by atoms with van der Waals surface area (Å²) in [6.45, 7) is 5.36. The lowest BCUT2D eigenvalue weighted by Crippen LogP contribution is -2.11. The van der Waals surface area contributed by atoms with Gasteiger partial charge in [0.15, 0.2) is 5.82 Å². The molecule has 4 aromatic rings. The molecule has 0 aliphatic rings. The third-order valence-corrected chi connectivity index (χ3v) is 5.62. The van der Waals surface area contributed by atoms with Gasteiger partial charge in [0.05, 0.1) is 17.4 Å². The van der Waals surface area contributed by atoms with Crippen molar-refractivity contribution in [1.82, 2.24) is 15.2 Å². The minimum Gasteiger partial charge on any atom is -0.362 e. The average Bonchev–Trinajstić information content (AvgIpc) is 2.80. The van der Waals surface area contributed by atoms with Gasteiger partial charge in [-0.25, -0.2) is 4.39 Å². The van der Waals surface area contributed by atoms with Gasteiger partial charge in [0, 0.05) is 28.1 Å². The smallest absolute Gasteiger partial charge is 0.157 e. The zero-order chi connectivity index (χ0) is 22.0. The highest BCUT2D eigenvalue weighted by atomic mass is 19.1. The highest BCUT2D eigenvalue weighted by molar-refractivity contribution is 5.95. The number of aryl methyl sites for hydroxylation is 1. The molecule has 0 amide bonds. The van der Waals surface area contributed by atoms with Crippen LogP contribution in [0, 0.1) is 13.8 Å². The van der Waals surface area contributed by atoms with Crippen LogP contribution in [0.25, 0.3) is 22.0 Å². The quantitative estimate of drug-likeness (QED) is 0.406. The van der Waals surface area contributed by atoms with Gasteiger partial charge in [-0.05, 0) is 49.6 Å². The van der Waals surface area contributed by atoms with Crippen LogP contribution in [0.5, 0.6) is 0 Å². The van der Waals surface area contributed by atoms with Crippen LogP contribution in [0.1, 0.15) is 45.7 Å². The third-order valence-electron chi connectivity index (χ3n) is 5.62. The van der Waals surface area contributed by atoms with Crippen LogP contribution in [0.15, 0.2) is 54.7 Å². The average molecular weight is 414 g/mol. The van der Waals surface area contributed by atoms with Crippen molar-refractivity contribution in [2.45, 2.75) is 33.5 Å². The summed E-state index contributed by atoms with van der Waals surface area (Å²) in [5.74, 6) is 0.633. The van der Waals surface area contributed by atoms with Gasteiger partial charge < -0.3 is 5.32 Å². The maximum atomic E-state index is 13.3. The van der Waals surface area contributed by atoms with Gasteiger partial charge in [0.25, 0.3) is 0 Å². The third kappa shape index (κ3) is 4.01. The van der Waals surface area contributed by atoms with Crippen LogP contribution in [0.4, 0.5) is 10.2 Å². The van der Waals surface area contributed by atoms with Crippen molar-refractivity contribution in [3.63, 3.8) is 0 Å². The predicted octanol–water partition coefficient (Wildman–Crippen LogP) is 5.76. The molecule has 0 aliphatic carbocycles. The number of fused-ring (bicyclic) bond motifs is 1. The molecular formula is C25H23FN4O. The van der Waals surface area contributed by atoms with E-state index < -0.39 is 6.67 Å². The number of carbonyl (C=O) groups excluding carboxylic acids is 1. The zero-order valence-corrected chi connectivity index (χ0v) is 17.7. The number of benzene rings is 2. The molecule has 1 N–H and O–H groups in total. The minimum atomic E-state index is -0.492. The van der Waals surface area contributed by atoms with Crippen molar-refractivity contribution in [2.75, 3.05) is 5.32 Å². The Bertz CT molecular complexity index is 1270. The second-order valence-corrected chi connectivity index (χ2v) is 7.62. The molecule has 0 saturated carbocycles. The first-order chi connectivity index (χ1) is 15.0. The van der Waals surface area contributed by atoms with Gasteiger partial charge in [-0.1, -0.05) is 36.4 Å². The lowest BCUT2D eigenvalue weighted by atomic mass is 9.98. The second kappa shape index (κ2) is 8.60. The molecule has 2 aromatic heterocycles. The van der Waals surface area contributed by atoms with Gasteiger partial charge in [-0.15, -0.1) is 5.10 Å². The molecule has 0 aliphatic heterocycles. The maximum Gasteiger partial charge on any atom is 0.157 e. The Hall–Kier alpha value is -3.67. The number of hydrogen-bond acceptors (Lipinski definition) is 5. The van der Waals surface area contributed by atoms with E-state index in [0.717, 1.165) is 45.1 Å². The fraction of sp³-hybridized carbons (Fsp3) is 0.200. The number of carbonyl (C=O) groups is 1. The Labute approximate surface area is 180 Å². The highest BCUT2D eigenvalue weighted by Gasteiger charge is 2.15. The van der Waals surface area contributed by atoms with Crippen LogP contribution in [-0.4, -0.2) is 21.5 Å². The molecule has 0 fully saturated rings. The number of halogens is 1. The minimum absolute atomic E-state index is 0.0956. The molecule has 2 heterocycles. The summed E-state index contributed by atoms with van der Waals surface area (Å²) in [6.07, 6.45) is 2.61. The Morgan fingerprint density at radius 2 is 1.87 bits per heavy atom. The van der Waals surface area contributed by atoms with E-state index in [9.17, 15) is 9.18 Å². The Morgan fingerprint density at radius 3 is 2.65 bits per heavy atom. The number of rotatable bonds is 6. The summed E-state index contributed by atoms with van der Waals surface area (Å²) in [5, 5.41) is 13.9. The van der Waals surface area contributed by atoms with E-state index in [-0.39, 0.29) is 6.04 Å². The first-order valence-electron chi connectivity index (χ1n) is 10.1. The van der Waals surface area contributed by atoms with Crippen molar-refractivity contribution >= 4 is 22.9 Å². The van der Waals surface area contributed by atoms with Crippen LogP contribution in [-0.2, 0) is 6.67 Å². The number of nitrogens with zero attached hydrogens (tertiary/aromatic N) is 3. The first-order valence-corrected chi connectivity index (χ1v) is 10.1. The van der Waals surface area contributed by atoms with E-state index in [1.165, 1.54) is 0 Å². The molecular weight excluding hydrogens is 391 g/mol. The molecule has 0 bridgehead atoms. The van der Waals surface area contributed by atoms with Gasteiger partial charge in [0.1, 0.15) is 13.0 Å². The molecule has 156 valence electrons. The largest absolute Gasteiger partial charge is 0.362 e. The summed E-state index contributed by atoms with van der Waals surface area (Å²) >= 11 is 0. The van der Waals surface area contributed by atoms with Gasteiger partial charge in [-0.2, -0.15) is 5.10 Å². The van der Waals surface area contributed by atoms with Gasteiger partial charge in [-0.3, -0.25) is 9.78 Å². The number of aldehydes is 1. The standard InChI is InChI=1S/C25H23FN4O/c1-15-20(12-26)8-5-9-21(15)16(2)28-25-22-11-24(19-7-4-6-18(10-19)14-31)27-13-23(22)17(3)29-30-25/h4-11,13-14,16H,12H2,1-3H3,(H,28,30)/t16-/m1/s1. The Kier molecular flexibility index (Phi) is 5.71. The molecule has 2 aromatic carbocycles. The summed E-state index contributed by atoms with van der Waals surface area (Å²) in [5.41, 5.74) is 5.61. The van der Waals surface area contributed by atoms with Crippen molar-refractivity contribution in [3.8, 4) is 11.3 Å². The molecule has 31 heavy (non-hydrogen) atoms. The highest BCUT2D eigenvalue weighted by Crippen LogP contribution is 2.30. The monoisotopic (exact) mass is 414 g/mol. The summed E-state index contributed by atoms with van der Waals surface area (Å²) in [6, 6.07) is 14.9. The van der Waals surface area contributed by atoms with E-state index in [1.807, 2.05) is 57.2 Å². The van der Waals surface area contributed by atoms with E-state index in [0.29, 0.717) is 16.9 Å².